The van der Waals surface area contributed by atoms with E-state index in [9.17, 15) is 4.79 Å². The molecule has 0 aromatic heterocycles. The van der Waals surface area contributed by atoms with Crippen molar-refractivity contribution in [2.24, 2.45) is 0 Å². The van der Waals surface area contributed by atoms with Gasteiger partial charge in [-0.05, 0) is 22.9 Å². The number of hydrogen-bond acceptors (Lipinski definition) is 2. The van der Waals surface area contributed by atoms with Crippen molar-refractivity contribution in [1.82, 2.24) is 0 Å². The number of hydrogen-bond donors (Lipinski definition) is 0. The molecular weight excluding hydrogens is 284 g/mol. The lowest BCUT2D eigenvalue weighted by molar-refractivity contribution is -0.109. The van der Waals surface area contributed by atoms with Crippen LogP contribution in [0.25, 0.3) is 0 Å². The summed E-state index contributed by atoms with van der Waals surface area (Å²) >= 11 is 4.75. The molecule has 0 bridgehead atoms. The highest BCUT2D eigenvalue weighted by Crippen LogP contribution is 2.25. The van der Waals surface area contributed by atoms with E-state index in [2.05, 4.69) is 34.6 Å². The molecule has 0 aliphatic heterocycles. The molecule has 86 valence electrons. The second-order valence-corrected chi connectivity index (χ2v) is 6.24. The Kier molecular flexibility index (Phi) is 5.85. The molecule has 1 aromatic carbocycles. The molecule has 0 aliphatic rings. The highest BCUT2D eigenvalue weighted by Gasteiger charge is 2.13. The summed E-state index contributed by atoms with van der Waals surface area (Å²) in [5.74, 6) is 0. The molecule has 3 heteroatoms. The fourth-order valence-electron chi connectivity index (χ4n) is 1.51. The number of thioether (sulfide) groups is 1. The van der Waals surface area contributed by atoms with Gasteiger partial charge >= 0.3 is 0 Å². The summed E-state index contributed by atoms with van der Waals surface area (Å²) in [6, 6.07) is 10.2. The van der Waals surface area contributed by atoms with Crippen LogP contribution in [-0.4, -0.2) is 10.4 Å². The van der Waals surface area contributed by atoms with Crippen molar-refractivity contribution in [2.75, 3.05) is 0 Å². The van der Waals surface area contributed by atoms with E-state index in [0.717, 1.165) is 17.3 Å². The van der Waals surface area contributed by atoms with Crippen molar-refractivity contribution in [2.45, 2.75) is 25.0 Å². The molecular formula is C13H15BrOS. The van der Waals surface area contributed by atoms with Gasteiger partial charge in [0.25, 0.3) is 0 Å². The van der Waals surface area contributed by atoms with Crippen LogP contribution in [0.5, 0.6) is 0 Å². The van der Waals surface area contributed by atoms with Gasteiger partial charge in [0.2, 0.25) is 0 Å². The van der Waals surface area contributed by atoms with E-state index >= 15 is 0 Å². The predicted molar refractivity (Wildman–Crippen MR) is 74.9 cm³/mol. The van der Waals surface area contributed by atoms with Crippen LogP contribution < -0.4 is 0 Å². The minimum absolute atomic E-state index is 0.162. The topological polar surface area (TPSA) is 17.1 Å². The van der Waals surface area contributed by atoms with Gasteiger partial charge in [-0.15, -0.1) is 0 Å². The maximum atomic E-state index is 11.1. The summed E-state index contributed by atoms with van der Waals surface area (Å²) in [6.45, 7) is 5.45. The SMILES string of the molecule is C=C(Br)CC(Cc1ccccc1)SC(C)=O. The summed E-state index contributed by atoms with van der Waals surface area (Å²) in [5.41, 5.74) is 1.26. The summed E-state index contributed by atoms with van der Waals surface area (Å²) in [6.07, 6.45) is 1.72. The van der Waals surface area contributed by atoms with Crippen molar-refractivity contribution in [3.63, 3.8) is 0 Å². The molecule has 0 aliphatic carbocycles. The minimum atomic E-state index is 0.162. The van der Waals surface area contributed by atoms with Gasteiger partial charge in [0.15, 0.2) is 5.12 Å². The third-order valence-electron chi connectivity index (χ3n) is 2.09. The second kappa shape index (κ2) is 6.92. The van der Waals surface area contributed by atoms with E-state index in [0.29, 0.717) is 0 Å². The summed E-state index contributed by atoms with van der Waals surface area (Å²) in [4.78, 5) is 11.1. The van der Waals surface area contributed by atoms with Crippen molar-refractivity contribution in [3.8, 4) is 0 Å². The molecule has 1 atom stereocenters. The normalized spacial score (nSPS) is 12.1. The molecule has 0 fully saturated rings. The van der Waals surface area contributed by atoms with Crippen LogP contribution in [0.4, 0.5) is 0 Å². The Morgan fingerprint density at radius 3 is 2.56 bits per heavy atom. The number of rotatable bonds is 5. The Labute approximate surface area is 109 Å². The molecule has 0 amide bonds. The Balaban J connectivity index is 2.63. The largest absolute Gasteiger partial charge is 0.288 e. The average molecular weight is 299 g/mol. The number of benzene rings is 1. The Bertz CT molecular complexity index is 345. The first-order valence-corrected chi connectivity index (χ1v) is 6.79. The molecule has 1 aromatic rings. The van der Waals surface area contributed by atoms with E-state index in [4.69, 9.17) is 0 Å². The molecule has 0 saturated heterocycles. The molecule has 0 spiro atoms. The zero-order chi connectivity index (χ0) is 12.0. The third kappa shape index (κ3) is 5.52. The first kappa shape index (κ1) is 13.5. The van der Waals surface area contributed by atoms with Crippen molar-refractivity contribution in [1.29, 1.82) is 0 Å². The van der Waals surface area contributed by atoms with Gasteiger partial charge < -0.3 is 0 Å². The Morgan fingerprint density at radius 1 is 1.44 bits per heavy atom. The maximum Gasteiger partial charge on any atom is 0.186 e. The fourth-order valence-corrected chi connectivity index (χ4v) is 3.15. The van der Waals surface area contributed by atoms with Gasteiger partial charge in [0, 0.05) is 12.2 Å². The second-order valence-electron chi connectivity index (χ2n) is 3.64. The third-order valence-corrected chi connectivity index (χ3v) is 3.41. The number of carbonyl (C=O) groups excluding carboxylic acids is 1. The van der Waals surface area contributed by atoms with Gasteiger partial charge in [-0.3, -0.25) is 4.79 Å². The minimum Gasteiger partial charge on any atom is -0.288 e. The van der Waals surface area contributed by atoms with E-state index in [-0.39, 0.29) is 10.4 Å². The van der Waals surface area contributed by atoms with Crippen molar-refractivity contribution in [3.05, 3.63) is 47.0 Å². The fraction of sp³-hybridized carbons (Fsp3) is 0.308. The maximum absolute atomic E-state index is 11.1. The van der Waals surface area contributed by atoms with Gasteiger partial charge in [-0.2, -0.15) is 0 Å². The van der Waals surface area contributed by atoms with E-state index in [1.807, 2.05) is 18.2 Å². The molecule has 0 heterocycles. The van der Waals surface area contributed by atoms with Gasteiger partial charge in [-0.1, -0.05) is 64.6 Å². The molecule has 0 N–H and O–H groups in total. The zero-order valence-electron chi connectivity index (χ0n) is 9.28. The molecule has 16 heavy (non-hydrogen) atoms. The van der Waals surface area contributed by atoms with E-state index in [1.54, 1.807) is 6.92 Å². The van der Waals surface area contributed by atoms with Crippen LogP contribution in [-0.2, 0) is 11.2 Å². The summed E-state index contributed by atoms with van der Waals surface area (Å²) in [5, 5.41) is 0.432. The van der Waals surface area contributed by atoms with Crippen LogP contribution in [0.3, 0.4) is 0 Å². The lowest BCUT2D eigenvalue weighted by Gasteiger charge is -2.14. The molecule has 0 saturated carbocycles. The van der Waals surface area contributed by atoms with Crippen LogP contribution >= 0.6 is 27.7 Å². The molecule has 1 rings (SSSR count). The van der Waals surface area contributed by atoms with Crippen LogP contribution in [0.15, 0.2) is 41.4 Å². The first-order valence-electron chi connectivity index (χ1n) is 5.12. The highest BCUT2D eigenvalue weighted by atomic mass is 79.9. The molecule has 1 unspecified atom stereocenters. The quantitative estimate of drug-likeness (QED) is 0.811. The van der Waals surface area contributed by atoms with Gasteiger partial charge in [-0.25, -0.2) is 0 Å². The first-order chi connectivity index (χ1) is 7.58. The standard InChI is InChI=1S/C13H15BrOS/c1-10(14)8-13(16-11(2)15)9-12-6-4-3-5-7-12/h3-7,13H,1,8-9H2,2H3. The van der Waals surface area contributed by atoms with Crippen LogP contribution in [0, 0.1) is 0 Å². The van der Waals surface area contributed by atoms with E-state index in [1.165, 1.54) is 17.3 Å². The number of carbonyl (C=O) groups is 1. The Morgan fingerprint density at radius 2 is 2.06 bits per heavy atom. The molecule has 1 nitrogen and oxygen atoms in total. The monoisotopic (exact) mass is 298 g/mol. The predicted octanol–water partition coefficient (Wildman–Crippen LogP) is 4.18. The average Bonchev–Trinajstić information content (AvgIpc) is 2.16. The van der Waals surface area contributed by atoms with Crippen LogP contribution in [0.1, 0.15) is 18.9 Å². The van der Waals surface area contributed by atoms with Gasteiger partial charge in [0.1, 0.15) is 0 Å². The summed E-state index contributed by atoms with van der Waals surface area (Å²) in [7, 11) is 0. The zero-order valence-corrected chi connectivity index (χ0v) is 11.7. The lowest BCUT2D eigenvalue weighted by atomic mass is 10.1. The molecule has 0 radical (unpaired) electrons. The van der Waals surface area contributed by atoms with Crippen molar-refractivity contribution >= 4 is 32.8 Å². The number of allylic oxidation sites excluding steroid dienone is 1. The smallest absolute Gasteiger partial charge is 0.186 e. The lowest BCUT2D eigenvalue weighted by Crippen LogP contribution is -2.09. The van der Waals surface area contributed by atoms with Crippen molar-refractivity contribution < 1.29 is 4.79 Å². The highest BCUT2D eigenvalue weighted by molar-refractivity contribution is 9.11. The van der Waals surface area contributed by atoms with E-state index < -0.39 is 0 Å². The number of halogens is 1. The summed E-state index contributed by atoms with van der Waals surface area (Å²) < 4.78 is 0.946. The van der Waals surface area contributed by atoms with Crippen LogP contribution in [0.2, 0.25) is 0 Å². The van der Waals surface area contributed by atoms with Gasteiger partial charge in [0.05, 0.1) is 0 Å². The Hall–Kier alpha value is -0.540.